The molecule has 7 nitrogen and oxygen atoms in total. The molecule has 1 atom stereocenters. The minimum atomic E-state index is -0.336. The molecule has 2 aromatic rings. The number of aromatic nitrogens is 3. The van der Waals surface area contributed by atoms with Gasteiger partial charge in [0.05, 0.1) is 22.4 Å². The lowest BCUT2D eigenvalue weighted by Crippen LogP contribution is -2.37. The van der Waals surface area contributed by atoms with Gasteiger partial charge in [0.15, 0.2) is 11.0 Å². The summed E-state index contributed by atoms with van der Waals surface area (Å²) in [6.45, 7) is 6.69. The first-order valence-corrected chi connectivity index (χ1v) is 12.7. The summed E-state index contributed by atoms with van der Waals surface area (Å²) in [6.07, 6.45) is 5.75. The van der Waals surface area contributed by atoms with Crippen LogP contribution in [-0.4, -0.2) is 38.4 Å². The number of halogens is 1. The van der Waals surface area contributed by atoms with Crippen LogP contribution in [0.15, 0.2) is 29.4 Å². The molecule has 0 radical (unpaired) electrons. The third-order valence-electron chi connectivity index (χ3n) is 5.71. The quantitative estimate of drug-likeness (QED) is 0.514. The molecule has 1 heterocycles. The highest BCUT2D eigenvalue weighted by Crippen LogP contribution is 2.26. The molecule has 1 saturated carbocycles. The number of hydrogen-bond donors (Lipinski definition) is 2. The molecule has 3 rings (SSSR count). The smallest absolute Gasteiger partial charge is 0.253 e. The predicted molar refractivity (Wildman–Crippen MR) is 128 cm³/mol. The molecule has 2 N–H and O–H groups in total. The second-order valence-corrected chi connectivity index (χ2v) is 9.80. The Bertz CT molecular complexity index is 927. The summed E-state index contributed by atoms with van der Waals surface area (Å²) in [5.41, 5.74) is 0.427. The molecule has 1 aromatic carbocycles. The second kappa shape index (κ2) is 11.7. The van der Waals surface area contributed by atoms with Gasteiger partial charge >= 0.3 is 0 Å². The van der Waals surface area contributed by atoms with E-state index in [2.05, 4.69) is 20.8 Å². The Morgan fingerprint density at radius 2 is 1.91 bits per heavy atom. The van der Waals surface area contributed by atoms with Crippen LogP contribution in [0.2, 0.25) is 5.02 Å². The number of hydrogen-bond acceptors (Lipinski definition) is 5. The molecular formula is C23H32ClN5O2S. The summed E-state index contributed by atoms with van der Waals surface area (Å²) < 4.78 is 1.97. The predicted octanol–water partition coefficient (Wildman–Crippen LogP) is 4.62. The van der Waals surface area contributed by atoms with Crippen molar-refractivity contribution in [1.82, 2.24) is 25.4 Å². The van der Waals surface area contributed by atoms with Gasteiger partial charge in [-0.1, -0.05) is 68.6 Å². The van der Waals surface area contributed by atoms with Crippen molar-refractivity contribution >= 4 is 35.2 Å². The Morgan fingerprint density at radius 3 is 2.56 bits per heavy atom. The van der Waals surface area contributed by atoms with Gasteiger partial charge in [-0.15, -0.1) is 10.2 Å². The van der Waals surface area contributed by atoms with Gasteiger partial charge < -0.3 is 15.2 Å². The Hall–Kier alpha value is -2.06. The summed E-state index contributed by atoms with van der Waals surface area (Å²) in [6, 6.07) is 6.93. The number of nitrogens with zero attached hydrogens (tertiary/aromatic N) is 3. The number of carbonyl (C=O) groups is 2. The van der Waals surface area contributed by atoms with Gasteiger partial charge in [-0.2, -0.15) is 0 Å². The van der Waals surface area contributed by atoms with Crippen molar-refractivity contribution in [3.8, 4) is 0 Å². The van der Waals surface area contributed by atoms with Crippen LogP contribution < -0.4 is 10.6 Å². The van der Waals surface area contributed by atoms with E-state index in [4.69, 9.17) is 11.6 Å². The highest BCUT2D eigenvalue weighted by Gasteiger charge is 2.27. The van der Waals surface area contributed by atoms with Crippen molar-refractivity contribution in [2.75, 3.05) is 5.75 Å². The molecule has 32 heavy (non-hydrogen) atoms. The fraction of sp³-hybridized carbons (Fsp3) is 0.565. The fourth-order valence-electron chi connectivity index (χ4n) is 3.97. The first-order chi connectivity index (χ1) is 15.4. The maximum atomic E-state index is 12.9. The number of amides is 2. The standard InChI is InChI=1S/C23H32ClN5O2S/c1-4-29-21(20(15(2)3)26-22(31)17-12-8-9-13-18(17)24)27-28-23(29)32-14-19(30)25-16-10-6-5-7-11-16/h8-9,12-13,15-16,20H,4-7,10-11,14H2,1-3H3,(H,25,30)(H,26,31)/t20-/m1/s1. The summed E-state index contributed by atoms with van der Waals surface area (Å²) >= 11 is 7.58. The zero-order chi connectivity index (χ0) is 23.1. The fourth-order valence-corrected chi connectivity index (χ4v) is 5.02. The van der Waals surface area contributed by atoms with E-state index in [1.807, 2.05) is 25.3 Å². The lowest BCUT2D eigenvalue weighted by Gasteiger charge is -2.23. The molecule has 0 aliphatic heterocycles. The molecule has 1 fully saturated rings. The van der Waals surface area contributed by atoms with Gasteiger partial charge in [-0.3, -0.25) is 9.59 Å². The van der Waals surface area contributed by atoms with Crippen LogP contribution in [0.5, 0.6) is 0 Å². The molecular weight excluding hydrogens is 446 g/mol. The van der Waals surface area contributed by atoms with Crippen LogP contribution in [0, 0.1) is 5.92 Å². The molecule has 1 aliphatic rings. The van der Waals surface area contributed by atoms with Crippen molar-refractivity contribution < 1.29 is 9.59 Å². The summed E-state index contributed by atoms with van der Waals surface area (Å²) in [7, 11) is 0. The Labute approximate surface area is 199 Å². The molecule has 9 heteroatoms. The number of carbonyl (C=O) groups excluding carboxylic acids is 2. The SMILES string of the molecule is CCn1c(SCC(=O)NC2CCCCC2)nnc1[C@H](NC(=O)c1ccccc1Cl)C(C)C. The topological polar surface area (TPSA) is 88.9 Å². The molecule has 0 saturated heterocycles. The van der Waals surface area contributed by atoms with E-state index in [0.717, 1.165) is 12.8 Å². The number of nitrogens with one attached hydrogen (secondary N) is 2. The monoisotopic (exact) mass is 477 g/mol. The molecule has 174 valence electrons. The molecule has 1 aliphatic carbocycles. The zero-order valence-corrected chi connectivity index (χ0v) is 20.5. The number of benzene rings is 1. The van der Waals surface area contributed by atoms with Crippen LogP contribution in [0.4, 0.5) is 0 Å². The summed E-state index contributed by atoms with van der Waals surface area (Å²) in [4.78, 5) is 25.3. The van der Waals surface area contributed by atoms with Gasteiger partial charge in [-0.25, -0.2) is 0 Å². The third kappa shape index (κ3) is 6.25. The van der Waals surface area contributed by atoms with Crippen molar-refractivity contribution in [1.29, 1.82) is 0 Å². The zero-order valence-electron chi connectivity index (χ0n) is 18.9. The lowest BCUT2D eigenvalue weighted by atomic mass is 9.95. The van der Waals surface area contributed by atoms with E-state index >= 15 is 0 Å². The van der Waals surface area contributed by atoms with Crippen LogP contribution in [0.25, 0.3) is 0 Å². The maximum absolute atomic E-state index is 12.9. The highest BCUT2D eigenvalue weighted by molar-refractivity contribution is 7.99. The largest absolute Gasteiger partial charge is 0.353 e. The molecule has 0 spiro atoms. The van der Waals surface area contributed by atoms with E-state index in [0.29, 0.717) is 39.9 Å². The summed E-state index contributed by atoms with van der Waals surface area (Å²) in [5, 5.41) is 16.0. The van der Waals surface area contributed by atoms with E-state index in [9.17, 15) is 9.59 Å². The minimum absolute atomic E-state index is 0.0292. The van der Waals surface area contributed by atoms with Crippen LogP contribution in [0.1, 0.15) is 75.1 Å². The van der Waals surface area contributed by atoms with Crippen molar-refractivity contribution in [3.63, 3.8) is 0 Å². The van der Waals surface area contributed by atoms with Crippen molar-refractivity contribution in [3.05, 3.63) is 40.7 Å². The first kappa shape index (κ1) is 24.6. The average molecular weight is 478 g/mol. The highest BCUT2D eigenvalue weighted by atomic mass is 35.5. The van der Waals surface area contributed by atoms with Gasteiger partial charge in [-0.05, 0) is 37.8 Å². The van der Waals surface area contributed by atoms with Gasteiger partial charge in [0.1, 0.15) is 0 Å². The normalized spacial score (nSPS) is 15.5. The molecule has 1 aromatic heterocycles. The molecule has 0 unspecified atom stereocenters. The molecule has 0 bridgehead atoms. The van der Waals surface area contributed by atoms with Gasteiger partial charge in [0.25, 0.3) is 5.91 Å². The van der Waals surface area contributed by atoms with Crippen molar-refractivity contribution in [2.24, 2.45) is 5.92 Å². The Kier molecular flexibility index (Phi) is 8.99. The Morgan fingerprint density at radius 1 is 1.19 bits per heavy atom. The van der Waals surface area contributed by atoms with E-state index in [1.165, 1.54) is 31.0 Å². The number of rotatable bonds is 9. The molecule has 2 amide bonds. The second-order valence-electron chi connectivity index (χ2n) is 8.45. The van der Waals surface area contributed by atoms with E-state index in [1.54, 1.807) is 24.3 Å². The lowest BCUT2D eigenvalue weighted by molar-refractivity contribution is -0.119. The number of thioether (sulfide) groups is 1. The van der Waals surface area contributed by atoms with Crippen molar-refractivity contribution in [2.45, 2.75) is 76.7 Å². The Balaban J connectivity index is 1.68. The van der Waals surface area contributed by atoms with E-state index in [-0.39, 0.29) is 23.8 Å². The minimum Gasteiger partial charge on any atom is -0.353 e. The van der Waals surface area contributed by atoms with E-state index < -0.39 is 0 Å². The average Bonchev–Trinajstić information content (AvgIpc) is 3.19. The van der Waals surface area contributed by atoms with Crippen LogP contribution in [-0.2, 0) is 11.3 Å². The van der Waals surface area contributed by atoms with Crippen LogP contribution in [0.3, 0.4) is 0 Å². The van der Waals surface area contributed by atoms with Gasteiger partial charge in [0, 0.05) is 12.6 Å². The first-order valence-electron chi connectivity index (χ1n) is 11.3. The summed E-state index contributed by atoms with van der Waals surface area (Å²) in [5.74, 6) is 0.844. The maximum Gasteiger partial charge on any atom is 0.253 e. The van der Waals surface area contributed by atoms with Gasteiger partial charge in [0.2, 0.25) is 5.91 Å². The third-order valence-corrected chi connectivity index (χ3v) is 7.01. The van der Waals surface area contributed by atoms with Crippen LogP contribution >= 0.6 is 23.4 Å².